The lowest BCUT2D eigenvalue weighted by Crippen LogP contribution is -2.35. The molecule has 1 fully saturated rings. The number of hydrogen-bond acceptors (Lipinski definition) is 5. The summed E-state index contributed by atoms with van der Waals surface area (Å²) >= 11 is 0. The van der Waals surface area contributed by atoms with Gasteiger partial charge in [-0.05, 0) is 56.3 Å². The van der Waals surface area contributed by atoms with Gasteiger partial charge >= 0.3 is 0 Å². The van der Waals surface area contributed by atoms with Gasteiger partial charge in [-0.3, -0.25) is 9.69 Å². The van der Waals surface area contributed by atoms with Crippen LogP contribution >= 0.6 is 0 Å². The van der Waals surface area contributed by atoms with E-state index in [2.05, 4.69) is 9.30 Å². The fraction of sp³-hybridized carbons (Fsp3) is 0.364. The first-order valence-electron chi connectivity index (χ1n) is 10.1. The topological polar surface area (TPSA) is 76.1 Å². The van der Waals surface area contributed by atoms with E-state index < -0.39 is 0 Å². The van der Waals surface area contributed by atoms with Crippen LogP contribution in [0.4, 0.5) is 11.4 Å². The Kier molecular flexibility index (Phi) is 4.39. The molecule has 0 unspecified atom stereocenters. The minimum Gasteiger partial charge on any atom is -0.482 e. The highest BCUT2D eigenvalue weighted by molar-refractivity contribution is 5.98. The van der Waals surface area contributed by atoms with Gasteiger partial charge in [0.1, 0.15) is 11.4 Å². The van der Waals surface area contributed by atoms with E-state index in [0.29, 0.717) is 5.69 Å². The summed E-state index contributed by atoms with van der Waals surface area (Å²) in [6.45, 7) is 3.10. The summed E-state index contributed by atoms with van der Waals surface area (Å²) in [6.07, 6.45) is 5.71. The first-order chi connectivity index (χ1) is 14.1. The normalized spacial score (nSPS) is 17.4. The number of likely N-dealkylation sites (tertiary alicyclic amines) is 1. The third kappa shape index (κ3) is 3.21. The van der Waals surface area contributed by atoms with E-state index in [4.69, 9.17) is 15.5 Å². The van der Waals surface area contributed by atoms with Gasteiger partial charge in [0.2, 0.25) is 0 Å². The van der Waals surface area contributed by atoms with Crippen molar-refractivity contribution in [2.45, 2.75) is 25.8 Å². The van der Waals surface area contributed by atoms with Gasteiger partial charge in [-0.1, -0.05) is 6.42 Å². The minimum absolute atomic E-state index is 0.0500. The summed E-state index contributed by atoms with van der Waals surface area (Å²) in [6, 6.07) is 9.78. The van der Waals surface area contributed by atoms with Gasteiger partial charge in [0.15, 0.2) is 6.61 Å². The fourth-order valence-corrected chi connectivity index (χ4v) is 4.24. The lowest BCUT2D eigenvalue weighted by atomic mass is 10.1. The quantitative estimate of drug-likeness (QED) is 0.743. The number of nitrogen functional groups attached to an aromatic ring is 1. The zero-order valence-electron chi connectivity index (χ0n) is 16.6. The smallest absolute Gasteiger partial charge is 0.264 e. The van der Waals surface area contributed by atoms with E-state index in [-0.39, 0.29) is 12.5 Å². The maximum absolute atomic E-state index is 12.1. The van der Waals surface area contributed by atoms with Crippen molar-refractivity contribution >= 4 is 22.9 Å². The summed E-state index contributed by atoms with van der Waals surface area (Å²) in [5.41, 5.74) is 11.5. The number of benzene rings is 1. The van der Waals surface area contributed by atoms with Gasteiger partial charge in [0.05, 0.1) is 17.1 Å². The Labute approximate surface area is 169 Å². The second-order valence-electron chi connectivity index (χ2n) is 7.86. The molecular formula is C22H25N5O2. The SMILES string of the molecule is CN1C(=O)COc2ccc(-c3nc4ccc(N)cn4c3CN3CCCCC3)cc21. The Morgan fingerprint density at radius 1 is 1.14 bits per heavy atom. The number of carbonyl (C=O) groups excluding carboxylic acids is 1. The van der Waals surface area contributed by atoms with Crippen molar-refractivity contribution in [3.63, 3.8) is 0 Å². The number of pyridine rings is 1. The Morgan fingerprint density at radius 2 is 1.97 bits per heavy atom. The second-order valence-corrected chi connectivity index (χ2v) is 7.86. The Balaban J connectivity index is 1.62. The average Bonchev–Trinajstić information content (AvgIpc) is 3.09. The van der Waals surface area contributed by atoms with Gasteiger partial charge in [-0.15, -0.1) is 0 Å². The molecule has 0 saturated carbocycles. The molecule has 0 spiro atoms. The zero-order chi connectivity index (χ0) is 20.0. The average molecular weight is 391 g/mol. The number of rotatable bonds is 3. The molecule has 2 aromatic heterocycles. The third-order valence-corrected chi connectivity index (χ3v) is 5.88. The Hall–Kier alpha value is -3.06. The summed E-state index contributed by atoms with van der Waals surface area (Å²) in [5.74, 6) is 0.674. The molecule has 2 aliphatic rings. The minimum atomic E-state index is -0.0500. The molecule has 0 aliphatic carbocycles. The molecule has 0 atom stereocenters. The number of imidazole rings is 1. The molecule has 2 aliphatic heterocycles. The number of aromatic nitrogens is 2. The van der Waals surface area contributed by atoms with Crippen molar-refractivity contribution in [2.75, 3.05) is 37.4 Å². The van der Waals surface area contributed by atoms with Crippen LogP contribution in [-0.4, -0.2) is 46.9 Å². The molecule has 7 nitrogen and oxygen atoms in total. The molecule has 7 heteroatoms. The van der Waals surface area contributed by atoms with Crippen molar-refractivity contribution < 1.29 is 9.53 Å². The molecule has 1 saturated heterocycles. The number of nitrogens with zero attached hydrogens (tertiary/aromatic N) is 4. The molecule has 3 aromatic rings. The summed E-state index contributed by atoms with van der Waals surface area (Å²) in [7, 11) is 1.78. The molecule has 0 bridgehead atoms. The summed E-state index contributed by atoms with van der Waals surface area (Å²) < 4.78 is 7.68. The van der Waals surface area contributed by atoms with E-state index in [0.717, 1.165) is 53.7 Å². The Bertz CT molecular complexity index is 1080. The lowest BCUT2D eigenvalue weighted by molar-refractivity contribution is -0.120. The van der Waals surface area contributed by atoms with E-state index in [9.17, 15) is 4.79 Å². The molecule has 1 amide bonds. The first kappa shape index (κ1) is 18.0. The van der Waals surface area contributed by atoms with Crippen LogP contribution in [0.5, 0.6) is 5.75 Å². The number of likely N-dealkylation sites (N-methyl/N-ethyl adjacent to an activating group) is 1. The number of nitrogens with two attached hydrogens (primary N) is 1. The van der Waals surface area contributed by atoms with Crippen molar-refractivity contribution in [3.05, 3.63) is 42.2 Å². The first-order valence-corrected chi connectivity index (χ1v) is 10.1. The highest BCUT2D eigenvalue weighted by Crippen LogP contribution is 2.36. The molecule has 0 radical (unpaired) electrons. The highest BCUT2D eigenvalue weighted by atomic mass is 16.5. The van der Waals surface area contributed by atoms with Crippen molar-refractivity contribution in [3.8, 4) is 17.0 Å². The molecule has 5 rings (SSSR count). The predicted molar refractivity (Wildman–Crippen MR) is 113 cm³/mol. The number of hydrogen-bond donors (Lipinski definition) is 1. The third-order valence-electron chi connectivity index (χ3n) is 5.88. The molecule has 1 aromatic carbocycles. The number of piperidine rings is 1. The van der Waals surface area contributed by atoms with Crippen molar-refractivity contribution in [1.82, 2.24) is 14.3 Å². The molecule has 4 heterocycles. The van der Waals surface area contributed by atoms with E-state index in [1.54, 1.807) is 11.9 Å². The number of amides is 1. The van der Waals surface area contributed by atoms with Crippen molar-refractivity contribution in [2.24, 2.45) is 0 Å². The van der Waals surface area contributed by atoms with E-state index in [1.165, 1.54) is 19.3 Å². The van der Waals surface area contributed by atoms with E-state index in [1.807, 2.05) is 36.5 Å². The van der Waals surface area contributed by atoms with Crippen LogP contribution in [0.3, 0.4) is 0 Å². The van der Waals surface area contributed by atoms with Crippen LogP contribution in [-0.2, 0) is 11.3 Å². The van der Waals surface area contributed by atoms with Gasteiger partial charge in [-0.2, -0.15) is 0 Å². The molecular weight excluding hydrogens is 366 g/mol. The maximum atomic E-state index is 12.1. The molecule has 150 valence electrons. The maximum Gasteiger partial charge on any atom is 0.264 e. The number of carbonyl (C=O) groups is 1. The van der Waals surface area contributed by atoms with Crippen LogP contribution in [0.15, 0.2) is 36.5 Å². The highest BCUT2D eigenvalue weighted by Gasteiger charge is 2.24. The van der Waals surface area contributed by atoms with Gasteiger partial charge in [-0.25, -0.2) is 4.98 Å². The largest absolute Gasteiger partial charge is 0.482 e. The Morgan fingerprint density at radius 3 is 2.79 bits per heavy atom. The molecule has 2 N–H and O–H groups in total. The number of ether oxygens (including phenoxy) is 1. The predicted octanol–water partition coefficient (Wildman–Crippen LogP) is 2.92. The zero-order valence-corrected chi connectivity index (χ0v) is 16.6. The van der Waals surface area contributed by atoms with Crippen LogP contribution in [0, 0.1) is 0 Å². The van der Waals surface area contributed by atoms with Crippen LogP contribution in [0.1, 0.15) is 25.0 Å². The lowest BCUT2D eigenvalue weighted by Gasteiger charge is -2.27. The number of fused-ring (bicyclic) bond motifs is 2. The number of anilines is 2. The van der Waals surface area contributed by atoms with Gasteiger partial charge < -0.3 is 19.8 Å². The summed E-state index contributed by atoms with van der Waals surface area (Å²) in [4.78, 5) is 21.1. The van der Waals surface area contributed by atoms with Crippen LogP contribution < -0.4 is 15.4 Å². The van der Waals surface area contributed by atoms with Crippen LogP contribution in [0.2, 0.25) is 0 Å². The fourth-order valence-electron chi connectivity index (χ4n) is 4.24. The van der Waals surface area contributed by atoms with Gasteiger partial charge in [0, 0.05) is 31.0 Å². The molecule has 29 heavy (non-hydrogen) atoms. The standard InChI is InChI=1S/C22H25N5O2/c1-25-17-11-15(5-7-19(17)29-14-21(25)28)22-18(13-26-9-3-2-4-10-26)27-12-16(23)6-8-20(27)24-22/h5-8,11-12H,2-4,9-10,13-14,23H2,1H3. The second kappa shape index (κ2) is 7.08. The van der Waals surface area contributed by atoms with Crippen LogP contribution in [0.25, 0.3) is 16.9 Å². The van der Waals surface area contributed by atoms with E-state index >= 15 is 0 Å². The monoisotopic (exact) mass is 391 g/mol. The summed E-state index contributed by atoms with van der Waals surface area (Å²) in [5, 5.41) is 0. The van der Waals surface area contributed by atoms with Crippen molar-refractivity contribution in [1.29, 1.82) is 0 Å². The van der Waals surface area contributed by atoms with Gasteiger partial charge in [0.25, 0.3) is 5.91 Å².